The van der Waals surface area contributed by atoms with Gasteiger partial charge in [-0.05, 0) is 42.2 Å². The Balaban J connectivity index is 1.89. The summed E-state index contributed by atoms with van der Waals surface area (Å²) in [6.45, 7) is 0.821. The van der Waals surface area contributed by atoms with Crippen molar-refractivity contribution < 1.29 is 0 Å². The van der Waals surface area contributed by atoms with Crippen LogP contribution in [0.25, 0.3) is 11.1 Å². The minimum absolute atomic E-state index is 0.681. The minimum atomic E-state index is 0.681. The summed E-state index contributed by atoms with van der Waals surface area (Å²) in [5, 5.41) is 5.07. The molecule has 1 aliphatic carbocycles. The first-order chi connectivity index (χ1) is 9.24. The smallest absolute Gasteiger partial charge is 0.0484 e. The third kappa shape index (κ3) is 3.11. The lowest BCUT2D eigenvalue weighted by Crippen LogP contribution is -2.15. The second-order valence-corrected chi connectivity index (χ2v) is 5.76. The number of hydrogen-bond acceptors (Lipinski definition) is 1. The van der Waals surface area contributed by atoms with Crippen LogP contribution in [0.5, 0.6) is 0 Å². The molecule has 1 N–H and O–H groups in total. The third-order valence-electron chi connectivity index (χ3n) is 3.39. The fourth-order valence-electron chi connectivity index (χ4n) is 2.11. The van der Waals surface area contributed by atoms with E-state index in [9.17, 15) is 0 Å². The Kier molecular flexibility index (Phi) is 3.79. The number of benzene rings is 2. The van der Waals surface area contributed by atoms with Gasteiger partial charge in [0.1, 0.15) is 0 Å². The van der Waals surface area contributed by atoms with Crippen LogP contribution >= 0.6 is 23.2 Å². The van der Waals surface area contributed by atoms with Crippen molar-refractivity contribution in [3.63, 3.8) is 0 Å². The van der Waals surface area contributed by atoms with Gasteiger partial charge in [-0.15, -0.1) is 0 Å². The molecule has 0 aromatic heterocycles. The first-order valence-corrected chi connectivity index (χ1v) is 7.26. The highest BCUT2D eigenvalue weighted by molar-refractivity contribution is 6.33. The van der Waals surface area contributed by atoms with Crippen LogP contribution in [-0.4, -0.2) is 6.04 Å². The molecule has 98 valence electrons. The van der Waals surface area contributed by atoms with Crippen molar-refractivity contribution in [1.29, 1.82) is 0 Å². The summed E-state index contributed by atoms with van der Waals surface area (Å²) in [7, 11) is 0. The Bertz CT molecular complexity index is 591. The molecule has 0 heterocycles. The van der Waals surface area contributed by atoms with E-state index in [1.54, 1.807) is 0 Å². The van der Waals surface area contributed by atoms with E-state index in [1.165, 1.54) is 12.8 Å². The molecule has 0 radical (unpaired) electrons. The third-order valence-corrected chi connectivity index (χ3v) is 4.09. The molecule has 0 atom stereocenters. The van der Waals surface area contributed by atoms with Crippen molar-refractivity contribution in [2.75, 3.05) is 0 Å². The lowest BCUT2D eigenvalue weighted by molar-refractivity contribution is 0.688. The molecule has 0 unspecified atom stereocenters. The van der Waals surface area contributed by atoms with Crippen LogP contribution in [0.3, 0.4) is 0 Å². The van der Waals surface area contributed by atoms with Crippen LogP contribution in [0.1, 0.15) is 18.4 Å². The summed E-state index contributed by atoms with van der Waals surface area (Å²) in [5.41, 5.74) is 3.29. The van der Waals surface area contributed by atoms with Crippen LogP contribution in [0.2, 0.25) is 10.0 Å². The molecular formula is C16H15Cl2N. The molecule has 2 aromatic rings. The van der Waals surface area contributed by atoms with E-state index in [1.807, 2.05) is 36.4 Å². The van der Waals surface area contributed by atoms with Gasteiger partial charge < -0.3 is 5.32 Å². The van der Waals surface area contributed by atoms with Crippen LogP contribution in [0, 0.1) is 0 Å². The first kappa shape index (κ1) is 13.0. The normalized spacial score (nSPS) is 14.6. The molecule has 1 saturated carbocycles. The molecule has 0 spiro atoms. The van der Waals surface area contributed by atoms with Gasteiger partial charge in [0.15, 0.2) is 0 Å². The summed E-state index contributed by atoms with van der Waals surface area (Å²) >= 11 is 12.5. The maximum absolute atomic E-state index is 6.25. The number of nitrogens with one attached hydrogen (secondary N) is 1. The second kappa shape index (κ2) is 5.54. The molecular weight excluding hydrogens is 277 g/mol. The first-order valence-electron chi connectivity index (χ1n) is 6.51. The van der Waals surface area contributed by atoms with E-state index < -0.39 is 0 Å². The predicted molar refractivity (Wildman–Crippen MR) is 81.8 cm³/mol. The van der Waals surface area contributed by atoms with Crippen LogP contribution in [0.4, 0.5) is 0 Å². The fraction of sp³-hybridized carbons (Fsp3) is 0.250. The van der Waals surface area contributed by atoms with Crippen molar-refractivity contribution >= 4 is 23.2 Å². The van der Waals surface area contributed by atoms with Crippen LogP contribution in [0.15, 0.2) is 42.5 Å². The monoisotopic (exact) mass is 291 g/mol. The lowest BCUT2D eigenvalue weighted by Gasteiger charge is -2.10. The summed E-state index contributed by atoms with van der Waals surface area (Å²) in [4.78, 5) is 0. The highest BCUT2D eigenvalue weighted by Gasteiger charge is 2.20. The molecule has 19 heavy (non-hydrogen) atoms. The predicted octanol–water partition coefficient (Wildman–Crippen LogP) is 4.91. The van der Waals surface area contributed by atoms with Crippen molar-refractivity contribution in [3.05, 3.63) is 58.1 Å². The number of hydrogen-bond donors (Lipinski definition) is 1. The summed E-state index contributed by atoms with van der Waals surface area (Å²) in [6.07, 6.45) is 2.56. The quantitative estimate of drug-likeness (QED) is 0.844. The van der Waals surface area contributed by atoms with Gasteiger partial charge in [0.2, 0.25) is 0 Å². The Morgan fingerprint density at radius 2 is 1.79 bits per heavy atom. The molecule has 3 heteroatoms. The molecule has 0 saturated heterocycles. The standard InChI is InChI=1S/C16H15Cl2N/c17-15-8-5-11(14-3-1-2-4-16(14)18)9-12(15)10-19-13-6-7-13/h1-5,8-9,13,19H,6-7,10H2. The number of rotatable bonds is 4. The average Bonchev–Trinajstić information content (AvgIpc) is 3.23. The molecule has 3 rings (SSSR count). The van der Waals surface area contributed by atoms with Gasteiger partial charge in [-0.1, -0.05) is 47.5 Å². The van der Waals surface area contributed by atoms with E-state index in [-0.39, 0.29) is 0 Å². The summed E-state index contributed by atoms with van der Waals surface area (Å²) < 4.78 is 0. The topological polar surface area (TPSA) is 12.0 Å². The lowest BCUT2D eigenvalue weighted by atomic mass is 10.0. The molecule has 0 aliphatic heterocycles. The van der Waals surface area contributed by atoms with E-state index in [4.69, 9.17) is 23.2 Å². The van der Waals surface area contributed by atoms with Gasteiger partial charge in [0.05, 0.1) is 0 Å². The Hall–Kier alpha value is -1.02. The van der Waals surface area contributed by atoms with Crippen LogP contribution < -0.4 is 5.32 Å². The molecule has 1 aliphatic rings. The van der Waals surface area contributed by atoms with Crippen molar-refractivity contribution in [1.82, 2.24) is 5.32 Å². The molecule has 1 nitrogen and oxygen atoms in total. The average molecular weight is 292 g/mol. The number of halogens is 2. The van der Waals surface area contributed by atoms with E-state index >= 15 is 0 Å². The van der Waals surface area contributed by atoms with Gasteiger partial charge in [0.25, 0.3) is 0 Å². The minimum Gasteiger partial charge on any atom is -0.310 e. The van der Waals surface area contributed by atoms with E-state index in [0.29, 0.717) is 6.04 Å². The van der Waals surface area contributed by atoms with Crippen molar-refractivity contribution in [2.45, 2.75) is 25.4 Å². The fourth-order valence-corrected chi connectivity index (χ4v) is 2.54. The van der Waals surface area contributed by atoms with Gasteiger partial charge >= 0.3 is 0 Å². The zero-order chi connectivity index (χ0) is 13.2. The van der Waals surface area contributed by atoms with E-state index in [2.05, 4.69) is 11.4 Å². The second-order valence-electron chi connectivity index (χ2n) is 4.94. The highest BCUT2D eigenvalue weighted by Crippen LogP contribution is 2.30. The largest absolute Gasteiger partial charge is 0.310 e. The van der Waals surface area contributed by atoms with Gasteiger partial charge in [-0.2, -0.15) is 0 Å². The van der Waals surface area contributed by atoms with Crippen LogP contribution in [-0.2, 0) is 6.54 Å². The molecule has 1 fully saturated rings. The van der Waals surface area contributed by atoms with Crippen molar-refractivity contribution in [3.8, 4) is 11.1 Å². The zero-order valence-electron chi connectivity index (χ0n) is 10.5. The zero-order valence-corrected chi connectivity index (χ0v) is 12.0. The van der Waals surface area contributed by atoms with Gasteiger partial charge in [0, 0.05) is 28.2 Å². The Morgan fingerprint density at radius 1 is 1.00 bits per heavy atom. The molecule has 2 aromatic carbocycles. The van der Waals surface area contributed by atoms with Gasteiger partial charge in [-0.25, -0.2) is 0 Å². The Morgan fingerprint density at radius 3 is 2.53 bits per heavy atom. The van der Waals surface area contributed by atoms with Crippen molar-refractivity contribution in [2.24, 2.45) is 0 Å². The molecule has 0 bridgehead atoms. The maximum Gasteiger partial charge on any atom is 0.0484 e. The molecule has 0 amide bonds. The SMILES string of the molecule is Clc1ccc(-c2ccccc2Cl)cc1CNC1CC1. The summed E-state index contributed by atoms with van der Waals surface area (Å²) in [6, 6.07) is 14.7. The highest BCUT2D eigenvalue weighted by atomic mass is 35.5. The summed E-state index contributed by atoms with van der Waals surface area (Å²) in [5.74, 6) is 0. The maximum atomic E-state index is 6.25. The Labute approximate surface area is 123 Å². The van der Waals surface area contributed by atoms with Gasteiger partial charge in [-0.3, -0.25) is 0 Å². The van der Waals surface area contributed by atoms with E-state index in [0.717, 1.165) is 33.3 Å².